The molecule has 0 fully saturated rings. The first-order valence-electron chi connectivity index (χ1n) is 6.18. The third-order valence-electron chi connectivity index (χ3n) is 3.18. The molecule has 0 aliphatic carbocycles. The Morgan fingerprint density at radius 2 is 1.95 bits per heavy atom. The van der Waals surface area contributed by atoms with Gasteiger partial charge in [-0.15, -0.1) is 0 Å². The Morgan fingerprint density at radius 1 is 1.20 bits per heavy atom. The number of pyridine rings is 1. The van der Waals surface area contributed by atoms with Crippen molar-refractivity contribution in [2.45, 2.75) is 25.3 Å². The lowest BCUT2D eigenvalue weighted by molar-refractivity contribution is 0.599. The van der Waals surface area contributed by atoms with E-state index in [0.717, 1.165) is 11.1 Å². The molecule has 6 heteroatoms. The van der Waals surface area contributed by atoms with E-state index >= 15 is 0 Å². The Hall–Kier alpha value is -1.92. The zero-order chi connectivity index (χ0) is 14.8. The fourth-order valence-corrected chi connectivity index (χ4v) is 3.21. The van der Waals surface area contributed by atoms with E-state index in [9.17, 15) is 8.42 Å². The van der Waals surface area contributed by atoms with Gasteiger partial charge in [-0.25, -0.2) is 8.42 Å². The van der Waals surface area contributed by atoms with Crippen LogP contribution in [-0.2, 0) is 16.6 Å². The zero-order valence-corrected chi connectivity index (χ0v) is 12.2. The summed E-state index contributed by atoms with van der Waals surface area (Å²) in [5, 5.41) is 0. The number of sulfonamides is 1. The molecule has 20 heavy (non-hydrogen) atoms. The largest absolute Gasteiger partial charge is 0.325 e. The first-order chi connectivity index (χ1) is 9.45. The predicted molar refractivity (Wildman–Crippen MR) is 78.9 cm³/mol. The second kappa shape index (κ2) is 5.60. The van der Waals surface area contributed by atoms with E-state index < -0.39 is 10.0 Å². The number of aryl methyl sites for hydroxylation is 1. The Labute approximate surface area is 118 Å². The number of nitrogens with zero attached hydrogens (tertiary/aromatic N) is 1. The smallest absolute Gasteiger partial charge is 0.263 e. The van der Waals surface area contributed by atoms with Crippen molar-refractivity contribution in [3.05, 3.63) is 53.3 Å². The number of hydrogen-bond donors (Lipinski definition) is 2. The second-order valence-corrected chi connectivity index (χ2v) is 6.16. The van der Waals surface area contributed by atoms with E-state index in [0.29, 0.717) is 11.4 Å². The number of aromatic nitrogens is 1. The molecular formula is C14H17N3O2S. The van der Waals surface area contributed by atoms with Gasteiger partial charge >= 0.3 is 0 Å². The van der Waals surface area contributed by atoms with Crippen molar-refractivity contribution in [3.63, 3.8) is 0 Å². The molecule has 1 aromatic heterocycles. The maximum Gasteiger partial charge on any atom is 0.263 e. The van der Waals surface area contributed by atoms with Gasteiger partial charge in [-0.3, -0.25) is 9.71 Å². The fraction of sp³-hybridized carbons (Fsp3) is 0.214. The van der Waals surface area contributed by atoms with Crippen LogP contribution in [0, 0.1) is 13.8 Å². The summed E-state index contributed by atoms with van der Waals surface area (Å²) in [6, 6.07) is 8.56. The lowest BCUT2D eigenvalue weighted by Crippen LogP contribution is -2.17. The third kappa shape index (κ3) is 2.81. The van der Waals surface area contributed by atoms with Gasteiger partial charge in [0, 0.05) is 12.7 Å². The second-order valence-electron chi connectivity index (χ2n) is 4.51. The highest BCUT2D eigenvalue weighted by molar-refractivity contribution is 7.92. The van der Waals surface area contributed by atoms with Crippen molar-refractivity contribution >= 4 is 15.7 Å². The minimum Gasteiger partial charge on any atom is -0.325 e. The highest BCUT2D eigenvalue weighted by Crippen LogP contribution is 2.22. The molecule has 0 saturated carbocycles. The van der Waals surface area contributed by atoms with Crippen molar-refractivity contribution in [1.29, 1.82) is 0 Å². The normalized spacial score (nSPS) is 11.3. The lowest BCUT2D eigenvalue weighted by atomic mass is 10.1. The number of hydrogen-bond acceptors (Lipinski definition) is 4. The van der Waals surface area contributed by atoms with Crippen molar-refractivity contribution in [3.8, 4) is 0 Å². The minimum atomic E-state index is -3.69. The Kier molecular flexibility index (Phi) is 4.06. The summed E-state index contributed by atoms with van der Waals surface area (Å²) in [7, 11) is -3.69. The first-order valence-corrected chi connectivity index (χ1v) is 7.67. The van der Waals surface area contributed by atoms with E-state index in [4.69, 9.17) is 5.73 Å². The van der Waals surface area contributed by atoms with Crippen LogP contribution in [0.5, 0.6) is 0 Å². The van der Waals surface area contributed by atoms with E-state index in [1.807, 2.05) is 26.0 Å². The van der Waals surface area contributed by atoms with Crippen LogP contribution in [-0.4, -0.2) is 13.4 Å². The lowest BCUT2D eigenvalue weighted by Gasteiger charge is -2.13. The maximum atomic E-state index is 12.4. The van der Waals surface area contributed by atoms with Gasteiger partial charge in [0.15, 0.2) is 0 Å². The molecule has 3 N–H and O–H groups in total. The summed E-state index contributed by atoms with van der Waals surface area (Å²) in [6.07, 6.45) is 1.53. The summed E-state index contributed by atoms with van der Waals surface area (Å²) in [5.74, 6) is 0. The third-order valence-corrected chi connectivity index (χ3v) is 4.62. The van der Waals surface area contributed by atoms with E-state index in [-0.39, 0.29) is 11.4 Å². The van der Waals surface area contributed by atoms with Crippen LogP contribution in [0.2, 0.25) is 0 Å². The van der Waals surface area contributed by atoms with Crippen LogP contribution in [0.15, 0.2) is 41.4 Å². The summed E-state index contributed by atoms with van der Waals surface area (Å²) in [5.41, 5.74) is 8.38. The molecule has 2 aromatic rings. The first kappa shape index (κ1) is 14.5. The van der Waals surface area contributed by atoms with E-state index in [1.165, 1.54) is 12.3 Å². The van der Waals surface area contributed by atoms with Crippen molar-refractivity contribution < 1.29 is 8.42 Å². The maximum absolute atomic E-state index is 12.4. The van der Waals surface area contributed by atoms with E-state index in [2.05, 4.69) is 9.71 Å². The van der Waals surface area contributed by atoms with Crippen molar-refractivity contribution in [1.82, 2.24) is 4.98 Å². The topological polar surface area (TPSA) is 85.1 Å². The van der Waals surface area contributed by atoms with Crippen LogP contribution < -0.4 is 10.5 Å². The van der Waals surface area contributed by atoms with Gasteiger partial charge in [0.05, 0.1) is 11.4 Å². The molecule has 0 saturated heterocycles. The highest BCUT2D eigenvalue weighted by Gasteiger charge is 2.19. The Morgan fingerprint density at radius 3 is 2.65 bits per heavy atom. The molecule has 5 nitrogen and oxygen atoms in total. The van der Waals surface area contributed by atoms with Crippen LogP contribution in [0.1, 0.15) is 16.8 Å². The zero-order valence-electron chi connectivity index (χ0n) is 11.4. The molecule has 0 aliphatic rings. The van der Waals surface area contributed by atoms with Crippen LogP contribution in [0.3, 0.4) is 0 Å². The summed E-state index contributed by atoms with van der Waals surface area (Å²) < 4.78 is 27.5. The monoisotopic (exact) mass is 291 g/mol. The van der Waals surface area contributed by atoms with Crippen LogP contribution in [0.4, 0.5) is 5.69 Å². The van der Waals surface area contributed by atoms with Gasteiger partial charge in [0.1, 0.15) is 4.90 Å². The number of nitrogens with one attached hydrogen (secondary N) is 1. The highest BCUT2D eigenvalue weighted by atomic mass is 32.2. The quantitative estimate of drug-likeness (QED) is 0.901. The molecule has 0 radical (unpaired) electrons. The number of benzene rings is 1. The summed E-state index contributed by atoms with van der Waals surface area (Å²) in [4.78, 5) is 4.12. The summed E-state index contributed by atoms with van der Waals surface area (Å²) in [6.45, 7) is 3.88. The van der Waals surface area contributed by atoms with E-state index in [1.54, 1.807) is 12.1 Å². The molecule has 1 aromatic carbocycles. The molecule has 0 unspecified atom stereocenters. The number of rotatable bonds is 4. The van der Waals surface area contributed by atoms with Gasteiger partial charge in [-0.05, 0) is 43.2 Å². The van der Waals surface area contributed by atoms with Gasteiger partial charge in [0.25, 0.3) is 10.0 Å². The van der Waals surface area contributed by atoms with Gasteiger partial charge in [-0.1, -0.05) is 12.1 Å². The molecule has 0 spiro atoms. The van der Waals surface area contributed by atoms with Crippen molar-refractivity contribution in [2.24, 2.45) is 5.73 Å². The Bertz CT molecular complexity index is 727. The average Bonchev–Trinajstić information content (AvgIpc) is 2.43. The molecular weight excluding hydrogens is 274 g/mol. The Balaban J connectivity index is 2.44. The van der Waals surface area contributed by atoms with Gasteiger partial charge < -0.3 is 5.73 Å². The van der Waals surface area contributed by atoms with Crippen LogP contribution in [0.25, 0.3) is 0 Å². The molecule has 0 aliphatic heterocycles. The standard InChI is InChI=1S/C14H17N3O2S/c1-10-5-3-6-12(11(10)2)17-20(18,19)14-7-4-8-16-13(14)9-15/h3-8,17H,9,15H2,1-2H3. The number of anilines is 1. The molecule has 1 heterocycles. The van der Waals surface area contributed by atoms with Crippen LogP contribution >= 0.6 is 0 Å². The molecule has 0 bridgehead atoms. The molecule has 2 rings (SSSR count). The minimum absolute atomic E-state index is 0.0733. The van der Waals surface area contributed by atoms with Gasteiger partial charge in [-0.2, -0.15) is 0 Å². The average molecular weight is 291 g/mol. The SMILES string of the molecule is Cc1cccc(NS(=O)(=O)c2cccnc2CN)c1C. The molecule has 0 atom stereocenters. The number of nitrogens with two attached hydrogens (primary N) is 1. The molecule has 106 valence electrons. The predicted octanol–water partition coefficient (Wildman–Crippen LogP) is 1.96. The molecule has 0 amide bonds. The fourth-order valence-electron chi connectivity index (χ4n) is 1.88. The van der Waals surface area contributed by atoms with Crippen molar-refractivity contribution in [2.75, 3.05) is 4.72 Å². The summed E-state index contributed by atoms with van der Waals surface area (Å²) >= 11 is 0. The van der Waals surface area contributed by atoms with Gasteiger partial charge in [0.2, 0.25) is 0 Å².